The number of carbonyl (C=O) groups is 1. The average molecular weight is 298 g/mol. The van der Waals surface area contributed by atoms with Crippen LogP contribution in [0.1, 0.15) is 27.2 Å². The van der Waals surface area contributed by atoms with E-state index in [1.54, 1.807) is 0 Å². The third kappa shape index (κ3) is 3.58. The number of aliphatic hydroxyl groups is 1. The van der Waals surface area contributed by atoms with Gasteiger partial charge in [0.2, 0.25) is 5.78 Å². The van der Waals surface area contributed by atoms with E-state index in [0.29, 0.717) is 0 Å². The van der Waals surface area contributed by atoms with Crippen molar-refractivity contribution in [3.05, 3.63) is 0 Å². The van der Waals surface area contributed by atoms with Crippen LogP contribution in [0.25, 0.3) is 0 Å². The van der Waals surface area contributed by atoms with Gasteiger partial charge in [0.05, 0.1) is 6.10 Å². The molecular formula is C10H13F7O2. The Hall–Kier alpha value is -0.860. The number of alkyl halides is 7. The predicted octanol–water partition coefficient (Wildman–Crippen LogP) is 3.19. The average Bonchev–Trinajstić information content (AvgIpc) is 2.13. The first-order valence-corrected chi connectivity index (χ1v) is 5.09. The molecule has 2 nitrogen and oxygen atoms in total. The molecule has 0 heterocycles. The Morgan fingerprint density at radius 1 is 1.00 bits per heavy atom. The Bertz CT molecular complexity index is 341. The molecule has 0 aromatic heterocycles. The molecule has 0 rings (SSSR count). The molecule has 0 amide bonds. The fourth-order valence-corrected chi connectivity index (χ4v) is 0.963. The smallest absolute Gasteiger partial charge is 0.392 e. The minimum absolute atomic E-state index is 1.11. The summed E-state index contributed by atoms with van der Waals surface area (Å²) >= 11 is 0. The maximum absolute atomic E-state index is 12.9. The zero-order valence-electron chi connectivity index (χ0n) is 10.3. The van der Waals surface area contributed by atoms with E-state index in [2.05, 4.69) is 0 Å². The van der Waals surface area contributed by atoms with Gasteiger partial charge in [-0.2, -0.15) is 30.7 Å². The number of aliphatic hydroxyl groups excluding tert-OH is 1. The number of carbonyl (C=O) groups excluding carboxylic acids is 1. The van der Waals surface area contributed by atoms with Crippen LogP contribution in [0.2, 0.25) is 0 Å². The largest absolute Gasteiger partial charge is 0.460 e. The van der Waals surface area contributed by atoms with Crippen molar-refractivity contribution in [2.75, 3.05) is 0 Å². The number of halogens is 7. The molecule has 114 valence electrons. The van der Waals surface area contributed by atoms with Crippen LogP contribution in [0.4, 0.5) is 30.7 Å². The van der Waals surface area contributed by atoms with Gasteiger partial charge < -0.3 is 5.11 Å². The van der Waals surface area contributed by atoms with Gasteiger partial charge in [-0.3, -0.25) is 4.79 Å². The normalized spacial score (nSPS) is 16.4. The van der Waals surface area contributed by atoms with Crippen LogP contribution >= 0.6 is 0 Å². The van der Waals surface area contributed by atoms with Crippen LogP contribution in [-0.2, 0) is 4.79 Å². The lowest BCUT2D eigenvalue weighted by Crippen LogP contribution is -2.56. The summed E-state index contributed by atoms with van der Waals surface area (Å²) in [4.78, 5) is 10.9. The summed E-state index contributed by atoms with van der Waals surface area (Å²) in [5, 5.41) is 9.31. The van der Waals surface area contributed by atoms with Crippen molar-refractivity contribution >= 4 is 5.78 Å². The van der Waals surface area contributed by atoms with E-state index in [4.69, 9.17) is 0 Å². The van der Waals surface area contributed by atoms with E-state index in [0.717, 1.165) is 0 Å². The van der Waals surface area contributed by atoms with E-state index in [9.17, 15) is 40.6 Å². The molecule has 0 aromatic carbocycles. The molecule has 0 radical (unpaired) electrons. The highest BCUT2D eigenvalue weighted by Crippen LogP contribution is 2.47. The second-order valence-electron chi connectivity index (χ2n) is 5.16. The molecule has 0 saturated carbocycles. The minimum atomic E-state index is -6.56. The highest BCUT2D eigenvalue weighted by atomic mass is 19.4. The monoisotopic (exact) mass is 298 g/mol. The number of rotatable bonds is 4. The molecule has 0 spiro atoms. The zero-order chi connectivity index (χ0) is 15.9. The second kappa shape index (κ2) is 4.92. The first-order valence-electron chi connectivity index (χ1n) is 5.09. The van der Waals surface area contributed by atoms with Gasteiger partial charge in [0.25, 0.3) is 0 Å². The summed E-state index contributed by atoms with van der Waals surface area (Å²) in [5.74, 6) is -15.1. The maximum atomic E-state index is 12.9. The van der Waals surface area contributed by atoms with Crippen LogP contribution in [0.15, 0.2) is 0 Å². The van der Waals surface area contributed by atoms with Gasteiger partial charge in [0.1, 0.15) is 0 Å². The summed E-state index contributed by atoms with van der Waals surface area (Å²) in [6, 6.07) is 0. The maximum Gasteiger partial charge on any atom is 0.460 e. The van der Waals surface area contributed by atoms with E-state index >= 15 is 0 Å². The standard InChI is InChI=1S/C10H13F7O2/c1-7(2,3)5(18)4-6(19)8(11,12)9(13,14)10(15,16)17/h5,18H,4H2,1-3H3. The lowest BCUT2D eigenvalue weighted by atomic mass is 9.85. The Kier molecular flexibility index (Phi) is 4.69. The Balaban J connectivity index is 5.19. The summed E-state index contributed by atoms with van der Waals surface area (Å²) in [7, 11) is 0. The van der Waals surface area contributed by atoms with Crippen LogP contribution in [0.5, 0.6) is 0 Å². The van der Waals surface area contributed by atoms with Gasteiger partial charge in [0, 0.05) is 6.42 Å². The minimum Gasteiger partial charge on any atom is -0.392 e. The van der Waals surface area contributed by atoms with Crippen molar-refractivity contribution in [2.45, 2.75) is 51.3 Å². The molecule has 0 bridgehead atoms. The van der Waals surface area contributed by atoms with Gasteiger partial charge in [-0.15, -0.1) is 0 Å². The molecule has 0 saturated heterocycles. The lowest BCUT2D eigenvalue weighted by molar-refractivity contribution is -0.343. The van der Waals surface area contributed by atoms with Crippen LogP contribution in [0, 0.1) is 5.41 Å². The van der Waals surface area contributed by atoms with Gasteiger partial charge in [-0.1, -0.05) is 20.8 Å². The van der Waals surface area contributed by atoms with Gasteiger partial charge in [-0.05, 0) is 5.41 Å². The van der Waals surface area contributed by atoms with Crippen molar-refractivity contribution in [1.29, 1.82) is 0 Å². The number of hydrogen-bond acceptors (Lipinski definition) is 2. The zero-order valence-corrected chi connectivity index (χ0v) is 10.3. The molecular weight excluding hydrogens is 285 g/mol. The van der Waals surface area contributed by atoms with Crippen molar-refractivity contribution in [3.63, 3.8) is 0 Å². The quantitative estimate of drug-likeness (QED) is 0.809. The summed E-state index contributed by atoms with van der Waals surface area (Å²) in [6.07, 6.45) is -9.82. The molecule has 0 fully saturated rings. The fraction of sp³-hybridized carbons (Fsp3) is 0.900. The second-order valence-corrected chi connectivity index (χ2v) is 5.16. The highest BCUT2D eigenvalue weighted by Gasteiger charge is 2.75. The highest BCUT2D eigenvalue weighted by molar-refractivity contribution is 5.87. The Morgan fingerprint density at radius 3 is 1.63 bits per heavy atom. The summed E-state index contributed by atoms with van der Waals surface area (Å²) < 4.78 is 86.3. The molecule has 0 aliphatic rings. The summed E-state index contributed by atoms with van der Waals surface area (Å²) in [5.41, 5.74) is -1.11. The van der Waals surface area contributed by atoms with Crippen molar-refractivity contribution in [3.8, 4) is 0 Å². The molecule has 0 aliphatic heterocycles. The van der Waals surface area contributed by atoms with Crippen LogP contribution in [-0.4, -0.2) is 35.0 Å². The Morgan fingerprint density at radius 2 is 1.37 bits per heavy atom. The van der Waals surface area contributed by atoms with Gasteiger partial charge in [0.15, 0.2) is 0 Å². The molecule has 19 heavy (non-hydrogen) atoms. The van der Waals surface area contributed by atoms with Gasteiger partial charge >= 0.3 is 18.0 Å². The van der Waals surface area contributed by atoms with E-state index in [1.165, 1.54) is 20.8 Å². The molecule has 1 atom stereocenters. The predicted molar refractivity (Wildman–Crippen MR) is 51.0 cm³/mol. The molecule has 1 unspecified atom stereocenters. The number of ketones is 1. The third-order valence-corrected chi connectivity index (χ3v) is 2.48. The van der Waals surface area contributed by atoms with Crippen LogP contribution < -0.4 is 0 Å². The van der Waals surface area contributed by atoms with E-state index in [-0.39, 0.29) is 0 Å². The fourth-order valence-electron chi connectivity index (χ4n) is 0.963. The molecule has 0 aliphatic carbocycles. The van der Waals surface area contributed by atoms with Crippen molar-refractivity contribution in [2.24, 2.45) is 5.41 Å². The van der Waals surface area contributed by atoms with E-state index in [1.807, 2.05) is 0 Å². The van der Waals surface area contributed by atoms with E-state index < -0.39 is 41.7 Å². The number of hydrogen-bond donors (Lipinski definition) is 1. The summed E-state index contributed by atoms with van der Waals surface area (Å²) in [6.45, 7) is 3.93. The Labute approximate surface area is 104 Å². The van der Waals surface area contributed by atoms with Crippen molar-refractivity contribution < 1.29 is 40.6 Å². The van der Waals surface area contributed by atoms with Crippen molar-refractivity contribution in [1.82, 2.24) is 0 Å². The third-order valence-electron chi connectivity index (χ3n) is 2.48. The van der Waals surface area contributed by atoms with Gasteiger partial charge in [-0.25, -0.2) is 0 Å². The molecule has 0 aromatic rings. The SMILES string of the molecule is CC(C)(C)C(O)CC(=O)C(F)(F)C(F)(F)C(F)(F)F. The van der Waals surface area contributed by atoms with Crippen LogP contribution in [0.3, 0.4) is 0 Å². The molecule has 1 N–H and O–H groups in total. The number of Topliss-reactive ketones (excluding diaryl/α,β-unsaturated/α-hetero) is 1. The lowest BCUT2D eigenvalue weighted by Gasteiger charge is -2.30. The first kappa shape index (κ1) is 18.1. The topological polar surface area (TPSA) is 37.3 Å². The molecule has 9 heteroatoms. The first-order chi connectivity index (χ1) is 8.05.